The number of hydrogen-bond acceptors (Lipinski definition) is 5. The van der Waals surface area contributed by atoms with E-state index in [-0.39, 0.29) is 0 Å². The van der Waals surface area contributed by atoms with Crippen molar-refractivity contribution in [2.45, 2.75) is 13.0 Å². The lowest BCUT2D eigenvalue weighted by molar-refractivity contribution is 0.109. The Morgan fingerprint density at radius 3 is 3.06 bits per heavy atom. The van der Waals surface area contributed by atoms with E-state index >= 15 is 0 Å². The fraction of sp³-hybridized carbons (Fsp3) is 0.333. The monoisotopic (exact) mass is 325 g/mol. The zero-order valence-corrected chi connectivity index (χ0v) is 12.3. The Labute approximate surface area is 118 Å². The molecule has 3 rings (SSSR count). The topological polar surface area (TPSA) is 47.0 Å². The summed E-state index contributed by atoms with van der Waals surface area (Å²) in [5.74, 6) is 1.65. The standard InChI is InChI=1S/C12H12BrN3OS/c1-14-11-7-6-17-4-2-9(7)15-12(16-11)10-8(13)3-5-18-10/h3,5H,2,4,6H2,1H3,(H,14,15,16). The van der Waals surface area contributed by atoms with Gasteiger partial charge in [-0.05, 0) is 27.4 Å². The number of rotatable bonds is 2. The molecule has 0 unspecified atom stereocenters. The molecule has 0 saturated heterocycles. The van der Waals surface area contributed by atoms with Gasteiger partial charge in [0.1, 0.15) is 5.82 Å². The van der Waals surface area contributed by atoms with Crippen molar-refractivity contribution >= 4 is 33.1 Å². The largest absolute Gasteiger partial charge is 0.376 e. The van der Waals surface area contributed by atoms with E-state index in [2.05, 4.69) is 31.2 Å². The molecular formula is C12H12BrN3OS. The summed E-state index contributed by atoms with van der Waals surface area (Å²) in [6, 6.07) is 2.02. The number of anilines is 1. The highest BCUT2D eigenvalue weighted by Crippen LogP contribution is 2.33. The van der Waals surface area contributed by atoms with Crippen LogP contribution in [-0.4, -0.2) is 23.6 Å². The smallest absolute Gasteiger partial charge is 0.173 e. The van der Waals surface area contributed by atoms with Crippen LogP contribution in [0.15, 0.2) is 15.9 Å². The minimum absolute atomic E-state index is 0.595. The van der Waals surface area contributed by atoms with Crippen molar-refractivity contribution in [2.75, 3.05) is 19.0 Å². The Balaban J connectivity index is 2.14. The molecule has 0 aromatic carbocycles. The van der Waals surface area contributed by atoms with E-state index in [9.17, 15) is 0 Å². The van der Waals surface area contributed by atoms with E-state index < -0.39 is 0 Å². The van der Waals surface area contributed by atoms with E-state index in [1.165, 1.54) is 0 Å². The molecule has 0 amide bonds. The van der Waals surface area contributed by atoms with E-state index in [0.717, 1.165) is 45.3 Å². The van der Waals surface area contributed by atoms with Gasteiger partial charge in [0.15, 0.2) is 5.82 Å². The zero-order valence-electron chi connectivity index (χ0n) is 9.86. The molecule has 2 aromatic heterocycles. The number of fused-ring (bicyclic) bond motifs is 1. The van der Waals surface area contributed by atoms with Gasteiger partial charge in [-0.3, -0.25) is 0 Å². The first kappa shape index (κ1) is 12.1. The molecule has 1 aliphatic rings. The third kappa shape index (κ3) is 2.04. The van der Waals surface area contributed by atoms with Crippen molar-refractivity contribution in [3.63, 3.8) is 0 Å². The predicted molar refractivity (Wildman–Crippen MR) is 76.0 cm³/mol. The van der Waals surface area contributed by atoms with Crippen molar-refractivity contribution in [2.24, 2.45) is 0 Å². The van der Waals surface area contributed by atoms with Crippen LogP contribution in [0.1, 0.15) is 11.3 Å². The summed E-state index contributed by atoms with van der Waals surface area (Å²) in [5, 5.41) is 5.17. The highest BCUT2D eigenvalue weighted by atomic mass is 79.9. The number of ether oxygens (including phenoxy) is 1. The molecule has 3 heterocycles. The molecule has 4 nitrogen and oxygen atoms in total. The third-order valence-corrected chi connectivity index (χ3v) is 4.71. The second-order valence-corrected chi connectivity index (χ2v) is 5.74. The number of aromatic nitrogens is 2. The molecule has 18 heavy (non-hydrogen) atoms. The first-order chi connectivity index (χ1) is 8.79. The van der Waals surface area contributed by atoms with Crippen molar-refractivity contribution < 1.29 is 4.74 Å². The number of hydrogen-bond donors (Lipinski definition) is 1. The van der Waals surface area contributed by atoms with E-state index in [1.54, 1.807) is 11.3 Å². The number of nitrogens with zero attached hydrogens (tertiary/aromatic N) is 2. The van der Waals surface area contributed by atoms with Crippen LogP contribution < -0.4 is 5.32 Å². The molecule has 0 saturated carbocycles. The molecule has 2 aromatic rings. The van der Waals surface area contributed by atoms with Gasteiger partial charge < -0.3 is 10.1 Å². The third-order valence-electron chi connectivity index (χ3n) is 2.88. The lowest BCUT2D eigenvalue weighted by atomic mass is 10.1. The molecule has 0 spiro atoms. The Bertz CT molecular complexity index is 567. The van der Waals surface area contributed by atoms with Crippen molar-refractivity contribution in [3.05, 3.63) is 27.2 Å². The molecule has 0 atom stereocenters. The van der Waals surface area contributed by atoms with Gasteiger partial charge >= 0.3 is 0 Å². The van der Waals surface area contributed by atoms with Gasteiger partial charge in [0.05, 0.1) is 23.8 Å². The first-order valence-corrected chi connectivity index (χ1v) is 7.35. The van der Waals surface area contributed by atoms with Crippen LogP contribution in [0.25, 0.3) is 10.7 Å². The Morgan fingerprint density at radius 2 is 2.33 bits per heavy atom. The van der Waals surface area contributed by atoms with Crippen LogP contribution in [0.3, 0.4) is 0 Å². The predicted octanol–water partition coefficient (Wildman–Crippen LogP) is 3.08. The minimum Gasteiger partial charge on any atom is -0.376 e. The van der Waals surface area contributed by atoms with Crippen LogP contribution >= 0.6 is 27.3 Å². The highest BCUT2D eigenvalue weighted by molar-refractivity contribution is 9.10. The van der Waals surface area contributed by atoms with Gasteiger partial charge in [0.2, 0.25) is 0 Å². The second-order valence-electron chi connectivity index (χ2n) is 3.97. The number of halogens is 1. The number of thiophene rings is 1. The van der Waals surface area contributed by atoms with Gasteiger partial charge in [-0.15, -0.1) is 11.3 Å². The molecule has 1 aliphatic heterocycles. The average Bonchev–Trinajstić information content (AvgIpc) is 2.83. The Hall–Kier alpha value is -0.980. The van der Waals surface area contributed by atoms with Crippen LogP contribution in [0.4, 0.5) is 5.82 Å². The van der Waals surface area contributed by atoms with Crippen LogP contribution in [0.5, 0.6) is 0 Å². The highest BCUT2D eigenvalue weighted by Gasteiger charge is 2.19. The van der Waals surface area contributed by atoms with E-state index in [0.29, 0.717) is 6.61 Å². The van der Waals surface area contributed by atoms with E-state index in [4.69, 9.17) is 4.74 Å². The molecular weight excluding hydrogens is 314 g/mol. The van der Waals surface area contributed by atoms with Gasteiger partial charge in [0, 0.05) is 23.5 Å². The molecule has 0 bridgehead atoms. The maximum Gasteiger partial charge on any atom is 0.173 e. The SMILES string of the molecule is CNc1nc(-c2sccc2Br)nc2c1COCC2. The lowest BCUT2D eigenvalue weighted by Gasteiger charge is -2.19. The van der Waals surface area contributed by atoms with Crippen molar-refractivity contribution in [3.8, 4) is 10.7 Å². The Kier molecular flexibility index (Phi) is 3.32. The molecule has 6 heteroatoms. The Morgan fingerprint density at radius 1 is 1.44 bits per heavy atom. The van der Waals surface area contributed by atoms with Gasteiger partial charge in [-0.2, -0.15) is 0 Å². The summed E-state index contributed by atoms with van der Waals surface area (Å²) in [6.45, 7) is 1.33. The maximum atomic E-state index is 5.47. The van der Waals surface area contributed by atoms with Crippen LogP contribution in [0, 0.1) is 0 Å². The van der Waals surface area contributed by atoms with Gasteiger partial charge in [0.25, 0.3) is 0 Å². The van der Waals surface area contributed by atoms with E-state index in [1.807, 2.05) is 18.5 Å². The lowest BCUT2D eigenvalue weighted by Crippen LogP contribution is -2.16. The fourth-order valence-corrected chi connectivity index (χ4v) is 3.48. The molecule has 94 valence electrons. The van der Waals surface area contributed by atoms with Crippen LogP contribution in [-0.2, 0) is 17.8 Å². The molecule has 0 fully saturated rings. The quantitative estimate of drug-likeness (QED) is 0.921. The molecule has 0 aliphatic carbocycles. The molecule has 1 N–H and O–H groups in total. The second kappa shape index (κ2) is 4.95. The summed E-state index contributed by atoms with van der Waals surface area (Å²) in [5.41, 5.74) is 2.18. The van der Waals surface area contributed by atoms with Crippen molar-refractivity contribution in [1.29, 1.82) is 0 Å². The summed E-state index contributed by atoms with van der Waals surface area (Å²) in [4.78, 5) is 10.3. The molecule has 0 radical (unpaired) electrons. The summed E-state index contributed by atoms with van der Waals surface area (Å²) < 4.78 is 6.51. The fourth-order valence-electron chi connectivity index (χ4n) is 1.99. The summed E-state index contributed by atoms with van der Waals surface area (Å²) in [7, 11) is 1.88. The summed E-state index contributed by atoms with van der Waals surface area (Å²) >= 11 is 5.17. The number of nitrogens with one attached hydrogen (secondary N) is 1. The first-order valence-electron chi connectivity index (χ1n) is 5.68. The van der Waals surface area contributed by atoms with Crippen molar-refractivity contribution in [1.82, 2.24) is 9.97 Å². The summed E-state index contributed by atoms with van der Waals surface area (Å²) in [6.07, 6.45) is 0.850. The normalized spacial score (nSPS) is 14.3. The van der Waals surface area contributed by atoms with Gasteiger partial charge in [-0.1, -0.05) is 0 Å². The van der Waals surface area contributed by atoms with Gasteiger partial charge in [-0.25, -0.2) is 9.97 Å². The van der Waals surface area contributed by atoms with Crippen LogP contribution in [0.2, 0.25) is 0 Å². The minimum atomic E-state index is 0.595. The maximum absolute atomic E-state index is 5.47. The zero-order chi connectivity index (χ0) is 12.5. The average molecular weight is 326 g/mol.